The Morgan fingerprint density at radius 2 is 2.26 bits per heavy atom. The van der Waals surface area contributed by atoms with Crippen molar-refractivity contribution in [2.75, 3.05) is 13.2 Å². The Balaban J connectivity index is 2.24. The van der Waals surface area contributed by atoms with Crippen LogP contribution in [0, 0.1) is 0 Å². The standard InChI is InChI=1S/C14H19N3OS/c1-3-8-15-14(13-10-19-17-16-13)11-6-5-7-12(9-11)18-4-2/h5-7,9-10,14-15H,3-4,8H2,1-2H3. The number of hydrogen-bond donors (Lipinski definition) is 1. The molecule has 2 rings (SSSR count). The summed E-state index contributed by atoms with van der Waals surface area (Å²) in [7, 11) is 0. The third-order valence-electron chi connectivity index (χ3n) is 2.77. The normalized spacial score (nSPS) is 12.3. The van der Waals surface area contributed by atoms with Crippen LogP contribution in [0.2, 0.25) is 0 Å². The molecule has 0 aliphatic heterocycles. The summed E-state index contributed by atoms with van der Waals surface area (Å²) in [4.78, 5) is 0. The van der Waals surface area contributed by atoms with Crippen LogP contribution in [0.4, 0.5) is 0 Å². The molecule has 2 aromatic rings. The van der Waals surface area contributed by atoms with Gasteiger partial charge >= 0.3 is 0 Å². The summed E-state index contributed by atoms with van der Waals surface area (Å²) in [5.74, 6) is 0.895. The maximum Gasteiger partial charge on any atom is 0.119 e. The lowest BCUT2D eigenvalue weighted by Gasteiger charge is -2.17. The van der Waals surface area contributed by atoms with E-state index in [-0.39, 0.29) is 6.04 Å². The van der Waals surface area contributed by atoms with Gasteiger partial charge in [0.25, 0.3) is 0 Å². The van der Waals surface area contributed by atoms with Gasteiger partial charge in [0.15, 0.2) is 0 Å². The summed E-state index contributed by atoms with van der Waals surface area (Å²) >= 11 is 1.38. The zero-order chi connectivity index (χ0) is 13.5. The van der Waals surface area contributed by atoms with Crippen molar-refractivity contribution in [2.45, 2.75) is 26.3 Å². The average Bonchev–Trinajstić information content (AvgIpc) is 2.94. The van der Waals surface area contributed by atoms with Crippen molar-refractivity contribution >= 4 is 11.5 Å². The molecular weight excluding hydrogens is 258 g/mol. The minimum atomic E-state index is 0.0825. The monoisotopic (exact) mass is 277 g/mol. The van der Waals surface area contributed by atoms with Gasteiger partial charge in [-0.3, -0.25) is 0 Å². The summed E-state index contributed by atoms with van der Waals surface area (Å²) in [5, 5.41) is 9.68. The van der Waals surface area contributed by atoms with E-state index in [4.69, 9.17) is 4.74 Å². The number of ether oxygens (including phenoxy) is 1. The SMILES string of the molecule is CCCNC(c1cccc(OCC)c1)c1csnn1. The van der Waals surface area contributed by atoms with Crippen LogP contribution in [0.25, 0.3) is 0 Å². The summed E-state index contributed by atoms with van der Waals surface area (Å²) in [6.45, 7) is 5.76. The molecule has 0 aliphatic rings. The molecule has 1 unspecified atom stereocenters. The quantitative estimate of drug-likeness (QED) is 0.845. The number of nitrogens with one attached hydrogen (secondary N) is 1. The molecular formula is C14H19N3OS. The van der Waals surface area contributed by atoms with E-state index in [0.717, 1.165) is 30.0 Å². The van der Waals surface area contributed by atoms with E-state index in [0.29, 0.717) is 6.61 Å². The highest BCUT2D eigenvalue weighted by Crippen LogP contribution is 2.24. The maximum atomic E-state index is 5.56. The fourth-order valence-electron chi connectivity index (χ4n) is 1.93. The molecule has 1 atom stereocenters. The van der Waals surface area contributed by atoms with Crippen molar-refractivity contribution in [3.8, 4) is 5.75 Å². The van der Waals surface area contributed by atoms with Gasteiger partial charge in [-0.25, -0.2) is 0 Å². The molecule has 19 heavy (non-hydrogen) atoms. The van der Waals surface area contributed by atoms with Gasteiger partial charge in [0.2, 0.25) is 0 Å². The maximum absolute atomic E-state index is 5.56. The minimum absolute atomic E-state index is 0.0825. The highest BCUT2D eigenvalue weighted by Gasteiger charge is 2.16. The molecule has 0 radical (unpaired) electrons. The van der Waals surface area contributed by atoms with Crippen LogP contribution in [-0.4, -0.2) is 22.7 Å². The van der Waals surface area contributed by atoms with Crippen molar-refractivity contribution in [2.24, 2.45) is 0 Å². The van der Waals surface area contributed by atoms with E-state index in [1.807, 2.05) is 24.4 Å². The van der Waals surface area contributed by atoms with Crippen LogP contribution in [-0.2, 0) is 0 Å². The Morgan fingerprint density at radius 1 is 1.37 bits per heavy atom. The molecule has 0 amide bonds. The van der Waals surface area contributed by atoms with Gasteiger partial charge in [-0.2, -0.15) is 0 Å². The van der Waals surface area contributed by atoms with E-state index in [1.54, 1.807) is 0 Å². The van der Waals surface area contributed by atoms with Gasteiger partial charge in [-0.05, 0) is 49.1 Å². The second-order valence-corrected chi connectivity index (χ2v) is 4.83. The van der Waals surface area contributed by atoms with Crippen molar-refractivity contribution in [3.05, 3.63) is 40.9 Å². The fraction of sp³-hybridized carbons (Fsp3) is 0.429. The molecule has 0 saturated heterocycles. The summed E-state index contributed by atoms with van der Waals surface area (Å²) in [5.41, 5.74) is 2.12. The second-order valence-electron chi connectivity index (χ2n) is 4.22. The molecule has 102 valence electrons. The Labute approximate surface area is 118 Å². The van der Waals surface area contributed by atoms with Gasteiger partial charge < -0.3 is 10.1 Å². The minimum Gasteiger partial charge on any atom is -0.494 e. The van der Waals surface area contributed by atoms with E-state index < -0.39 is 0 Å². The highest BCUT2D eigenvalue weighted by atomic mass is 32.1. The van der Waals surface area contributed by atoms with Crippen LogP contribution in [0.15, 0.2) is 29.6 Å². The van der Waals surface area contributed by atoms with Gasteiger partial charge in [0.1, 0.15) is 5.75 Å². The Morgan fingerprint density at radius 3 is 2.95 bits per heavy atom. The number of hydrogen-bond acceptors (Lipinski definition) is 5. The molecule has 0 bridgehead atoms. The molecule has 0 saturated carbocycles. The first-order valence-electron chi connectivity index (χ1n) is 6.58. The summed E-state index contributed by atoms with van der Waals surface area (Å²) in [6, 6.07) is 8.23. The second kappa shape index (κ2) is 7.21. The van der Waals surface area contributed by atoms with Crippen molar-refractivity contribution in [3.63, 3.8) is 0 Å². The Kier molecular flexibility index (Phi) is 5.30. The number of aromatic nitrogens is 2. The van der Waals surface area contributed by atoms with Gasteiger partial charge in [-0.1, -0.05) is 23.5 Å². The van der Waals surface area contributed by atoms with Crippen molar-refractivity contribution in [1.29, 1.82) is 0 Å². The topological polar surface area (TPSA) is 47.0 Å². The van der Waals surface area contributed by atoms with Crippen LogP contribution in [0.3, 0.4) is 0 Å². The lowest BCUT2D eigenvalue weighted by Crippen LogP contribution is -2.23. The van der Waals surface area contributed by atoms with Crippen molar-refractivity contribution in [1.82, 2.24) is 14.9 Å². The summed E-state index contributed by atoms with van der Waals surface area (Å²) in [6.07, 6.45) is 1.08. The van der Waals surface area contributed by atoms with Crippen LogP contribution in [0.5, 0.6) is 5.75 Å². The van der Waals surface area contributed by atoms with E-state index in [2.05, 4.69) is 34.0 Å². The van der Waals surface area contributed by atoms with E-state index >= 15 is 0 Å². The predicted molar refractivity (Wildman–Crippen MR) is 77.7 cm³/mol. The number of benzene rings is 1. The molecule has 1 heterocycles. The summed E-state index contributed by atoms with van der Waals surface area (Å²) < 4.78 is 9.51. The molecule has 0 fully saturated rings. The van der Waals surface area contributed by atoms with E-state index in [1.165, 1.54) is 11.5 Å². The number of nitrogens with zero attached hydrogens (tertiary/aromatic N) is 2. The van der Waals surface area contributed by atoms with Crippen LogP contribution < -0.4 is 10.1 Å². The Bertz CT molecular complexity index is 487. The first kappa shape index (κ1) is 14.0. The molecule has 1 aromatic heterocycles. The van der Waals surface area contributed by atoms with E-state index in [9.17, 15) is 0 Å². The third-order valence-corrected chi connectivity index (χ3v) is 3.30. The zero-order valence-corrected chi connectivity index (χ0v) is 12.1. The van der Waals surface area contributed by atoms with Gasteiger partial charge in [0, 0.05) is 5.38 Å². The molecule has 0 spiro atoms. The first-order valence-corrected chi connectivity index (χ1v) is 7.42. The first-order chi connectivity index (χ1) is 9.35. The Hall–Kier alpha value is -1.46. The average molecular weight is 277 g/mol. The molecule has 4 nitrogen and oxygen atoms in total. The zero-order valence-electron chi connectivity index (χ0n) is 11.3. The lowest BCUT2D eigenvalue weighted by molar-refractivity contribution is 0.339. The van der Waals surface area contributed by atoms with Crippen LogP contribution in [0.1, 0.15) is 37.6 Å². The van der Waals surface area contributed by atoms with Crippen molar-refractivity contribution < 1.29 is 4.74 Å². The van der Waals surface area contributed by atoms with Gasteiger partial charge in [0.05, 0.1) is 18.3 Å². The smallest absolute Gasteiger partial charge is 0.119 e. The van der Waals surface area contributed by atoms with Crippen LogP contribution >= 0.6 is 11.5 Å². The van der Waals surface area contributed by atoms with Gasteiger partial charge in [-0.15, -0.1) is 5.10 Å². The fourth-order valence-corrected chi connectivity index (χ4v) is 2.41. The highest BCUT2D eigenvalue weighted by molar-refractivity contribution is 7.03. The number of rotatable bonds is 7. The molecule has 5 heteroatoms. The molecule has 1 aromatic carbocycles. The predicted octanol–water partition coefficient (Wildman–Crippen LogP) is 3.03. The third kappa shape index (κ3) is 3.75. The lowest BCUT2D eigenvalue weighted by atomic mass is 10.0. The largest absolute Gasteiger partial charge is 0.494 e. The molecule has 0 aliphatic carbocycles. The molecule has 1 N–H and O–H groups in total.